The topological polar surface area (TPSA) is 59.8 Å². The molecule has 0 atom stereocenters. The second kappa shape index (κ2) is 7.35. The number of para-hydroxylation sites is 2. The third-order valence-electron chi connectivity index (χ3n) is 5.07. The predicted molar refractivity (Wildman–Crippen MR) is 117 cm³/mol. The van der Waals surface area contributed by atoms with Crippen molar-refractivity contribution in [3.63, 3.8) is 0 Å². The molecule has 0 unspecified atom stereocenters. The molecule has 0 fully saturated rings. The smallest absolute Gasteiger partial charge is 0.261 e. The van der Waals surface area contributed by atoms with E-state index in [9.17, 15) is 9.18 Å². The molecule has 3 heterocycles. The van der Waals surface area contributed by atoms with Gasteiger partial charge in [-0.3, -0.25) is 9.36 Å². The number of nitrogens with one attached hydrogen (secondary N) is 1. The highest BCUT2D eigenvalue weighted by Crippen LogP contribution is 2.31. The Morgan fingerprint density at radius 3 is 2.83 bits per heavy atom. The van der Waals surface area contributed by atoms with Gasteiger partial charge in [0.2, 0.25) is 0 Å². The number of amides is 1. The Morgan fingerprint density at radius 1 is 1.13 bits per heavy atom. The zero-order valence-electron chi connectivity index (χ0n) is 16.1. The first-order valence-electron chi connectivity index (χ1n) is 9.44. The number of hydrogen-bond donors (Lipinski definition) is 1. The van der Waals surface area contributed by atoms with Crippen LogP contribution in [0.25, 0.3) is 26.9 Å². The Hall–Kier alpha value is -3.58. The van der Waals surface area contributed by atoms with Gasteiger partial charge in [0.1, 0.15) is 18.0 Å². The fourth-order valence-electron chi connectivity index (χ4n) is 3.48. The van der Waals surface area contributed by atoms with Crippen LogP contribution in [0.4, 0.5) is 4.39 Å². The molecule has 1 N–H and O–H groups in total. The monoisotopic (exact) mass is 416 g/mol. The van der Waals surface area contributed by atoms with E-state index in [1.807, 2.05) is 47.9 Å². The number of hydrogen-bond acceptors (Lipinski definition) is 4. The van der Waals surface area contributed by atoms with Crippen LogP contribution in [0.2, 0.25) is 0 Å². The van der Waals surface area contributed by atoms with Crippen LogP contribution < -0.4 is 5.32 Å². The maximum atomic E-state index is 13.5. The third-order valence-corrected chi connectivity index (χ3v) is 6.34. The molecule has 0 aliphatic rings. The number of imidazole rings is 1. The summed E-state index contributed by atoms with van der Waals surface area (Å²) in [4.78, 5) is 22.2. The van der Waals surface area contributed by atoms with Gasteiger partial charge in [-0.2, -0.15) is 0 Å². The summed E-state index contributed by atoms with van der Waals surface area (Å²) in [5, 5.41) is 3.72. The van der Waals surface area contributed by atoms with E-state index in [1.165, 1.54) is 23.5 Å². The van der Waals surface area contributed by atoms with Gasteiger partial charge >= 0.3 is 0 Å². The molecule has 0 bridgehead atoms. The van der Waals surface area contributed by atoms with Gasteiger partial charge in [-0.1, -0.05) is 18.2 Å². The van der Waals surface area contributed by atoms with Crippen LogP contribution in [0.15, 0.2) is 67.1 Å². The average Bonchev–Trinajstić information content (AvgIpc) is 3.34. The van der Waals surface area contributed by atoms with Crippen LogP contribution >= 0.6 is 11.3 Å². The number of aryl methyl sites for hydroxylation is 1. The van der Waals surface area contributed by atoms with Crippen LogP contribution in [0.3, 0.4) is 0 Å². The Kier molecular flexibility index (Phi) is 4.52. The number of carbonyl (C=O) groups excluding carboxylic acids is 1. The van der Waals surface area contributed by atoms with E-state index >= 15 is 0 Å². The number of thiophene rings is 1. The average molecular weight is 416 g/mol. The molecule has 0 saturated carbocycles. The highest BCUT2D eigenvalue weighted by atomic mass is 32.1. The van der Waals surface area contributed by atoms with Crippen molar-refractivity contribution in [3.8, 4) is 5.82 Å². The van der Waals surface area contributed by atoms with Crippen LogP contribution in [-0.2, 0) is 6.54 Å². The minimum absolute atomic E-state index is 0.168. The first-order valence-corrected chi connectivity index (χ1v) is 10.3. The summed E-state index contributed by atoms with van der Waals surface area (Å²) in [6.45, 7) is 2.21. The predicted octanol–water partition coefficient (Wildman–Crippen LogP) is 5.01. The molecule has 0 saturated heterocycles. The molecule has 7 heteroatoms. The molecule has 0 aliphatic carbocycles. The number of benzene rings is 2. The van der Waals surface area contributed by atoms with Gasteiger partial charge in [-0.25, -0.2) is 14.4 Å². The first-order chi connectivity index (χ1) is 14.6. The van der Waals surface area contributed by atoms with Gasteiger partial charge in [0.05, 0.1) is 15.9 Å². The Labute approximate surface area is 175 Å². The fourth-order valence-corrected chi connectivity index (χ4v) is 4.58. The molecule has 30 heavy (non-hydrogen) atoms. The maximum absolute atomic E-state index is 13.5. The summed E-state index contributed by atoms with van der Waals surface area (Å²) >= 11 is 1.37. The molecule has 148 valence electrons. The number of fused-ring (bicyclic) bond motifs is 2. The van der Waals surface area contributed by atoms with Crippen molar-refractivity contribution < 1.29 is 9.18 Å². The number of carbonyl (C=O) groups is 1. The third kappa shape index (κ3) is 3.23. The van der Waals surface area contributed by atoms with Crippen molar-refractivity contribution in [1.82, 2.24) is 19.9 Å². The van der Waals surface area contributed by atoms with Crippen molar-refractivity contribution in [1.29, 1.82) is 0 Å². The Morgan fingerprint density at radius 2 is 2.00 bits per heavy atom. The minimum Gasteiger partial charge on any atom is -0.347 e. The lowest BCUT2D eigenvalue weighted by atomic mass is 10.1. The number of halogens is 1. The lowest BCUT2D eigenvalue weighted by Gasteiger charge is -2.07. The normalized spacial score (nSPS) is 11.3. The van der Waals surface area contributed by atoms with Crippen LogP contribution in [0.5, 0.6) is 0 Å². The van der Waals surface area contributed by atoms with Crippen molar-refractivity contribution in [2.75, 3.05) is 0 Å². The summed E-state index contributed by atoms with van der Waals surface area (Å²) in [5.74, 6) is 0.298. The molecule has 2 aromatic carbocycles. The summed E-state index contributed by atoms with van der Waals surface area (Å²) < 4.78 is 16.3. The number of aromatic nitrogens is 3. The SMILES string of the molecule is Cc1c(C(=O)NCc2ccc(-n3cnc4ccccc43)nc2)sc2ccc(F)cc12. The molecule has 5 nitrogen and oxygen atoms in total. The van der Waals surface area contributed by atoms with Gasteiger partial charge in [0, 0.05) is 17.4 Å². The van der Waals surface area contributed by atoms with Gasteiger partial charge < -0.3 is 5.32 Å². The molecule has 3 aromatic heterocycles. The standard InChI is InChI=1S/C23H17FN4OS/c1-14-17-10-16(24)7-8-20(17)30-22(14)23(29)26-12-15-6-9-21(25-11-15)28-13-27-18-4-2-3-5-19(18)28/h2-11,13H,12H2,1H3,(H,26,29). The molecule has 0 radical (unpaired) electrons. The molecular weight excluding hydrogens is 399 g/mol. The van der Waals surface area contributed by atoms with Crippen molar-refractivity contribution in [2.45, 2.75) is 13.5 Å². The van der Waals surface area contributed by atoms with Gasteiger partial charge in [-0.15, -0.1) is 11.3 Å². The zero-order valence-corrected chi connectivity index (χ0v) is 16.9. The summed E-state index contributed by atoms with van der Waals surface area (Å²) in [5.41, 5.74) is 3.59. The molecular formula is C23H17FN4OS. The van der Waals surface area contributed by atoms with E-state index in [-0.39, 0.29) is 11.7 Å². The molecule has 5 rings (SSSR count). The zero-order chi connectivity index (χ0) is 20.7. The molecule has 0 aliphatic heterocycles. The maximum Gasteiger partial charge on any atom is 0.261 e. The lowest BCUT2D eigenvalue weighted by Crippen LogP contribution is -2.22. The first kappa shape index (κ1) is 18.4. The Balaban J connectivity index is 1.32. The van der Waals surface area contributed by atoms with Crippen LogP contribution in [0, 0.1) is 12.7 Å². The van der Waals surface area contributed by atoms with Crippen molar-refractivity contribution in [2.24, 2.45) is 0 Å². The minimum atomic E-state index is -0.299. The van der Waals surface area contributed by atoms with Gasteiger partial charge in [0.25, 0.3) is 5.91 Å². The quantitative estimate of drug-likeness (QED) is 0.448. The lowest BCUT2D eigenvalue weighted by molar-refractivity contribution is 0.0954. The second-order valence-corrected chi connectivity index (χ2v) is 8.06. The number of rotatable bonds is 4. The number of pyridine rings is 1. The summed E-state index contributed by atoms with van der Waals surface area (Å²) in [7, 11) is 0. The van der Waals surface area contributed by atoms with Crippen molar-refractivity contribution >= 4 is 38.4 Å². The second-order valence-electron chi connectivity index (χ2n) is 7.01. The largest absolute Gasteiger partial charge is 0.347 e. The van der Waals surface area contributed by atoms with E-state index in [0.717, 1.165) is 38.1 Å². The fraction of sp³-hybridized carbons (Fsp3) is 0.0870. The van der Waals surface area contributed by atoms with E-state index in [1.54, 1.807) is 18.6 Å². The Bertz CT molecular complexity index is 1390. The highest BCUT2D eigenvalue weighted by Gasteiger charge is 2.16. The van der Waals surface area contributed by atoms with Crippen LogP contribution in [-0.4, -0.2) is 20.4 Å². The molecule has 0 spiro atoms. The van der Waals surface area contributed by atoms with E-state index in [2.05, 4.69) is 15.3 Å². The molecule has 5 aromatic rings. The van der Waals surface area contributed by atoms with Crippen molar-refractivity contribution in [3.05, 3.63) is 88.9 Å². The summed E-state index contributed by atoms with van der Waals surface area (Å²) in [6.07, 6.45) is 3.50. The molecule has 1 amide bonds. The van der Waals surface area contributed by atoms with Gasteiger partial charge in [0.15, 0.2) is 0 Å². The summed E-state index contributed by atoms with van der Waals surface area (Å²) in [6, 6.07) is 16.3. The highest BCUT2D eigenvalue weighted by molar-refractivity contribution is 7.21. The van der Waals surface area contributed by atoms with E-state index in [4.69, 9.17) is 0 Å². The van der Waals surface area contributed by atoms with E-state index in [0.29, 0.717) is 11.4 Å². The van der Waals surface area contributed by atoms with E-state index < -0.39 is 0 Å². The number of nitrogens with zero attached hydrogens (tertiary/aromatic N) is 3. The van der Waals surface area contributed by atoms with Crippen LogP contribution in [0.1, 0.15) is 20.8 Å². The van der Waals surface area contributed by atoms with Gasteiger partial charge in [-0.05, 0) is 59.8 Å².